The van der Waals surface area contributed by atoms with Crippen molar-refractivity contribution >= 4 is 0 Å². The quantitative estimate of drug-likeness (QED) is 0.784. The molecule has 1 aliphatic carbocycles. The predicted octanol–water partition coefficient (Wildman–Crippen LogP) is 1.42. The third kappa shape index (κ3) is 6.20. The van der Waals surface area contributed by atoms with Crippen LogP contribution in [0.1, 0.15) is 18.4 Å². The van der Waals surface area contributed by atoms with E-state index >= 15 is 0 Å². The topological polar surface area (TPSA) is 37.0 Å². The molecule has 2 rings (SSSR count). The molecule has 1 aromatic rings. The Morgan fingerprint density at radius 3 is 2.53 bits per heavy atom. The van der Waals surface area contributed by atoms with Gasteiger partial charge in [0.2, 0.25) is 0 Å². The molecule has 0 radical (unpaired) electrons. The lowest BCUT2D eigenvalue weighted by Gasteiger charge is -1.95. The van der Waals surface area contributed by atoms with Gasteiger partial charge in [-0.25, -0.2) is 0 Å². The fourth-order valence-corrected chi connectivity index (χ4v) is 1.32. The van der Waals surface area contributed by atoms with E-state index in [9.17, 15) is 0 Å². The smallest absolute Gasteiger partial charge is 0.0312 e. The Morgan fingerprint density at radius 2 is 2.13 bits per heavy atom. The molecule has 1 aliphatic rings. The van der Waals surface area contributed by atoms with Crippen molar-refractivity contribution in [1.82, 2.24) is 15.6 Å². The van der Waals surface area contributed by atoms with Crippen LogP contribution in [0.5, 0.6) is 0 Å². The SMILES string of the molecule is CNCC1CC1.CNCc1cccnc1. The summed E-state index contributed by atoms with van der Waals surface area (Å²) in [6.07, 6.45) is 6.55. The molecular formula is C12H21N3. The molecule has 0 amide bonds. The van der Waals surface area contributed by atoms with Crippen LogP contribution < -0.4 is 10.6 Å². The minimum absolute atomic E-state index is 0.897. The maximum atomic E-state index is 3.96. The van der Waals surface area contributed by atoms with Crippen LogP contribution in [0.25, 0.3) is 0 Å². The monoisotopic (exact) mass is 207 g/mol. The second kappa shape index (κ2) is 7.37. The number of aromatic nitrogens is 1. The van der Waals surface area contributed by atoms with Crippen molar-refractivity contribution in [3.8, 4) is 0 Å². The summed E-state index contributed by atoms with van der Waals surface area (Å²) in [5.74, 6) is 1.04. The molecular weight excluding hydrogens is 186 g/mol. The van der Waals surface area contributed by atoms with Gasteiger partial charge in [0.1, 0.15) is 0 Å². The molecule has 0 spiro atoms. The molecule has 3 nitrogen and oxygen atoms in total. The zero-order valence-electron chi connectivity index (χ0n) is 9.66. The summed E-state index contributed by atoms with van der Waals surface area (Å²) in [6, 6.07) is 3.98. The molecule has 0 saturated heterocycles. The number of pyridine rings is 1. The van der Waals surface area contributed by atoms with Crippen LogP contribution in [-0.4, -0.2) is 25.6 Å². The molecule has 0 unspecified atom stereocenters. The third-order valence-electron chi connectivity index (χ3n) is 2.29. The van der Waals surface area contributed by atoms with Gasteiger partial charge in [-0.1, -0.05) is 6.07 Å². The number of rotatable bonds is 4. The van der Waals surface area contributed by atoms with Gasteiger partial charge in [-0.3, -0.25) is 4.98 Å². The number of hydrogen-bond acceptors (Lipinski definition) is 3. The molecule has 2 N–H and O–H groups in total. The van der Waals surface area contributed by atoms with E-state index in [1.54, 1.807) is 6.20 Å². The second-order valence-corrected chi connectivity index (χ2v) is 3.89. The summed E-state index contributed by atoms with van der Waals surface area (Å²) < 4.78 is 0. The predicted molar refractivity (Wildman–Crippen MR) is 63.7 cm³/mol. The molecule has 1 fully saturated rings. The number of nitrogens with zero attached hydrogens (tertiary/aromatic N) is 1. The van der Waals surface area contributed by atoms with Gasteiger partial charge >= 0.3 is 0 Å². The number of nitrogens with one attached hydrogen (secondary N) is 2. The van der Waals surface area contributed by atoms with Crippen LogP contribution >= 0.6 is 0 Å². The molecule has 3 heteroatoms. The van der Waals surface area contributed by atoms with Crippen molar-refractivity contribution in [3.05, 3.63) is 30.1 Å². The van der Waals surface area contributed by atoms with Crippen molar-refractivity contribution in [2.24, 2.45) is 5.92 Å². The van der Waals surface area contributed by atoms with E-state index in [1.807, 2.05) is 32.4 Å². The molecule has 0 bridgehead atoms. The van der Waals surface area contributed by atoms with Gasteiger partial charge in [-0.05, 0) is 51.0 Å². The van der Waals surface area contributed by atoms with Gasteiger partial charge in [0.05, 0.1) is 0 Å². The molecule has 0 aromatic carbocycles. The van der Waals surface area contributed by atoms with Crippen LogP contribution in [-0.2, 0) is 6.54 Å². The molecule has 1 heterocycles. The normalized spacial score (nSPS) is 14.3. The second-order valence-electron chi connectivity index (χ2n) is 3.89. The molecule has 84 valence electrons. The fraction of sp³-hybridized carbons (Fsp3) is 0.583. The Hall–Kier alpha value is -0.930. The summed E-state index contributed by atoms with van der Waals surface area (Å²) in [5, 5.41) is 6.17. The van der Waals surface area contributed by atoms with Crippen molar-refractivity contribution in [1.29, 1.82) is 0 Å². The van der Waals surface area contributed by atoms with E-state index in [2.05, 4.69) is 15.6 Å². The molecule has 0 aliphatic heterocycles. The Kier molecular flexibility index (Phi) is 5.97. The average Bonchev–Trinajstić information content (AvgIpc) is 3.06. The highest BCUT2D eigenvalue weighted by Crippen LogP contribution is 2.27. The van der Waals surface area contributed by atoms with Crippen molar-refractivity contribution in [2.45, 2.75) is 19.4 Å². The minimum atomic E-state index is 0.897. The first-order valence-corrected chi connectivity index (χ1v) is 5.55. The highest BCUT2D eigenvalue weighted by Gasteiger charge is 2.18. The zero-order chi connectivity index (χ0) is 10.9. The summed E-state index contributed by atoms with van der Waals surface area (Å²) in [7, 11) is 3.94. The lowest BCUT2D eigenvalue weighted by molar-refractivity contribution is 0.717. The van der Waals surface area contributed by atoms with Gasteiger partial charge in [-0.15, -0.1) is 0 Å². The minimum Gasteiger partial charge on any atom is -0.319 e. The lowest BCUT2D eigenvalue weighted by Crippen LogP contribution is -2.08. The maximum absolute atomic E-state index is 3.96. The zero-order valence-corrected chi connectivity index (χ0v) is 9.66. The van der Waals surface area contributed by atoms with Crippen LogP contribution in [0, 0.1) is 5.92 Å². The molecule has 1 saturated carbocycles. The Bertz CT molecular complexity index is 244. The van der Waals surface area contributed by atoms with Crippen LogP contribution in [0.3, 0.4) is 0 Å². The van der Waals surface area contributed by atoms with Gasteiger partial charge in [0.25, 0.3) is 0 Å². The fourth-order valence-electron chi connectivity index (χ4n) is 1.32. The van der Waals surface area contributed by atoms with Crippen LogP contribution in [0.2, 0.25) is 0 Å². The van der Waals surface area contributed by atoms with E-state index in [4.69, 9.17) is 0 Å². The van der Waals surface area contributed by atoms with Gasteiger partial charge in [-0.2, -0.15) is 0 Å². The Morgan fingerprint density at radius 1 is 1.33 bits per heavy atom. The molecule has 1 aromatic heterocycles. The van der Waals surface area contributed by atoms with Gasteiger partial charge in [0.15, 0.2) is 0 Å². The van der Waals surface area contributed by atoms with E-state index in [-0.39, 0.29) is 0 Å². The van der Waals surface area contributed by atoms with E-state index < -0.39 is 0 Å². The van der Waals surface area contributed by atoms with E-state index in [0.717, 1.165) is 12.5 Å². The maximum Gasteiger partial charge on any atom is 0.0312 e. The Balaban J connectivity index is 0.000000162. The summed E-state index contributed by atoms with van der Waals surface area (Å²) >= 11 is 0. The van der Waals surface area contributed by atoms with E-state index in [0.29, 0.717) is 0 Å². The summed E-state index contributed by atoms with van der Waals surface area (Å²) in [4.78, 5) is 3.96. The number of hydrogen-bond donors (Lipinski definition) is 2. The largest absolute Gasteiger partial charge is 0.319 e. The highest BCUT2D eigenvalue weighted by atomic mass is 14.8. The third-order valence-corrected chi connectivity index (χ3v) is 2.29. The van der Waals surface area contributed by atoms with Gasteiger partial charge < -0.3 is 10.6 Å². The van der Waals surface area contributed by atoms with E-state index in [1.165, 1.54) is 24.9 Å². The van der Waals surface area contributed by atoms with Crippen molar-refractivity contribution in [3.63, 3.8) is 0 Å². The first-order valence-electron chi connectivity index (χ1n) is 5.55. The van der Waals surface area contributed by atoms with Crippen molar-refractivity contribution in [2.75, 3.05) is 20.6 Å². The standard InChI is InChI=1S/C7H10N2.C5H11N/c1-8-5-7-3-2-4-9-6-7;1-6-4-5-2-3-5/h2-4,6,8H,5H2,1H3;5-6H,2-4H2,1H3. The average molecular weight is 207 g/mol. The van der Waals surface area contributed by atoms with Crippen LogP contribution in [0.15, 0.2) is 24.5 Å². The summed E-state index contributed by atoms with van der Waals surface area (Å²) in [6.45, 7) is 2.13. The molecule has 0 atom stereocenters. The lowest BCUT2D eigenvalue weighted by atomic mass is 10.3. The first-order chi connectivity index (χ1) is 7.36. The van der Waals surface area contributed by atoms with Crippen LogP contribution in [0.4, 0.5) is 0 Å². The molecule has 15 heavy (non-hydrogen) atoms. The first kappa shape index (κ1) is 12.1. The van der Waals surface area contributed by atoms with Gasteiger partial charge in [0, 0.05) is 18.9 Å². The highest BCUT2D eigenvalue weighted by molar-refractivity contribution is 5.07. The Labute approximate surface area is 92.3 Å². The van der Waals surface area contributed by atoms with Crippen molar-refractivity contribution < 1.29 is 0 Å². The summed E-state index contributed by atoms with van der Waals surface area (Å²) in [5.41, 5.74) is 1.22.